The molecule has 0 radical (unpaired) electrons. The fourth-order valence-corrected chi connectivity index (χ4v) is 4.90. The first kappa shape index (κ1) is 23.3. The van der Waals surface area contributed by atoms with Crippen LogP contribution in [0.3, 0.4) is 0 Å². The number of nitrogens with zero attached hydrogens (tertiary/aromatic N) is 2. The summed E-state index contributed by atoms with van der Waals surface area (Å²) in [6, 6.07) is 21.8. The summed E-state index contributed by atoms with van der Waals surface area (Å²) >= 11 is 0. The van der Waals surface area contributed by atoms with Gasteiger partial charge in [0, 0.05) is 31.4 Å². The molecule has 176 valence electrons. The van der Waals surface area contributed by atoms with E-state index in [1.807, 2.05) is 6.07 Å². The Bertz CT molecular complexity index is 1280. The first-order valence-electron chi connectivity index (χ1n) is 10.8. The molecular formula is C25H25N3O5S. The van der Waals surface area contributed by atoms with E-state index < -0.39 is 15.9 Å². The van der Waals surface area contributed by atoms with Crippen LogP contribution >= 0.6 is 0 Å². The Balaban J connectivity index is 1.36. The maximum absolute atomic E-state index is 13.0. The number of para-hydroxylation sites is 1. The second-order valence-corrected chi connectivity index (χ2v) is 9.78. The molecule has 1 heterocycles. The number of anilines is 3. The number of ether oxygens (including phenoxy) is 1. The predicted molar refractivity (Wildman–Crippen MR) is 131 cm³/mol. The molecule has 0 aliphatic carbocycles. The summed E-state index contributed by atoms with van der Waals surface area (Å²) in [5, 5.41) is 2.67. The van der Waals surface area contributed by atoms with Crippen molar-refractivity contribution >= 4 is 38.9 Å². The number of nitrogens with one attached hydrogen (secondary N) is 1. The Kier molecular flexibility index (Phi) is 6.83. The van der Waals surface area contributed by atoms with E-state index in [9.17, 15) is 18.0 Å². The number of sulfonamides is 1. The van der Waals surface area contributed by atoms with E-state index in [-0.39, 0.29) is 17.4 Å². The van der Waals surface area contributed by atoms with Crippen molar-refractivity contribution in [3.8, 4) is 5.75 Å². The summed E-state index contributed by atoms with van der Waals surface area (Å²) in [5.41, 5.74) is 1.68. The second kappa shape index (κ2) is 9.96. The monoisotopic (exact) mass is 479 g/mol. The van der Waals surface area contributed by atoms with Gasteiger partial charge < -0.3 is 15.0 Å². The third-order valence-corrected chi connectivity index (χ3v) is 7.27. The third kappa shape index (κ3) is 5.20. The van der Waals surface area contributed by atoms with Gasteiger partial charge in [-0.15, -0.1) is 0 Å². The molecule has 0 atom stereocenters. The Labute approximate surface area is 198 Å². The molecule has 0 bridgehead atoms. The first-order chi connectivity index (χ1) is 16.3. The Morgan fingerprint density at radius 2 is 1.76 bits per heavy atom. The molecule has 9 heteroatoms. The Hall–Kier alpha value is -3.85. The minimum atomic E-state index is -3.80. The van der Waals surface area contributed by atoms with Gasteiger partial charge in [-0.3, -0.25) is 13.9 Å². The Morgan fingerprint density at radius 1 is 1.03 bits per heavy atom. The molecule has 1 saturated heterocycles. The molecule has 0 aromatic heterocycles. The summed E-state index contributed by atoms with van der Waals surface area (Å²) in [5.74, 6) is 0.170. The van der Waals surface area contributed by atoms with Gasteiger partial charge in [0.25, 0.3) is 15.9 Å². The van der Waals surface area contributed by atoms with Crippen LogP contribution in [0.25, 0.3) is 0 Å². The van der Waals surface area contributed by atoms with Crippen molar-refractivity contribution in [2.45, 2.75) is 17.7 Å². The molecule has 8 nitrogen and oxygen atoms in total. The van der Waals surface area contributed by atoms with Crippen LogP contribution in [0.1, 0.15) is 12.8 Å². The fraction of sp³-hybridized carbons (Fsp3) is 0.200. The highest BCUT2D eigenvalue weighted by Crippen LogP contribution is 2.25. The minimum absolute atomic E-state index is 0.0598. The van der Waals surface area contributed by atoms with Crippen molar-refractivity contribution in [1.29, 1.82) is 0 Å². The van der Waals surface area contributed by atoms with E-state index in [1.54, 1.807) is 65.6 Å². The van der Waals surface area contributed by atoms with Gasteiger partial charge in [0.1, 0.15) is 5.75 Å². The van der Waals surface area contributed by atoms with Gasteiger partial charge in [0.2, 0.25) is 5.91 Å². The highest BCUT2D eigenvalue weighted by molar-refractivity contribution is 7.92. The van der Waals surface area contributed by atoms with Crippen molar-refractivity contribution in [2.75, 3.05) is 34.7 Å². The van der Waals surface area contributed by atoms with Crippen LogP contribution in [0.2, 0.25) is 0 Å². The summed E-state index contributed by atoms with van der Waals surface area (Å²) < 4.78 is 32.7. The van der Waals surface area contributed by atoms with Crippen LogP contribution in [-0.2, 0) is 19.6 Å². The quantitative estimate of drug-likeness (QED) is 0.532. The highest BCUT2D eigenvalue weighted by atomic mass is 32.2. The van der Waals surface area contributed by atoms with Crippen molar-refractivity contribution in [1.82, 2.24) is 0 Å². The molecule has 34 heavy (non-hydrogen) atoms. The first-order valence-corrected chi connectivity index (χ1v) is 12.3. The lowest BCUT2D eigenvalue weighted by atomic mass is 10.3. The molecule has 0 spiro atoms. The van der Waals surface area contributed by atoms with Gasteiger partial charge in [-0.1, -0.05) is 24.3 Å². The van der Waals surface area contributed by atoms with Crippen LogP contribution in [0.4, 0.5) is 17.1 Å². The predicted octanol–water partition coefficient (Wildman–Crippen LogP) is 3.66. The average Bonchev–Trinajstić information content (AvgIpc) is 3.29. The molecule has 2 amide bonds. The number of carbonyl (C=O) groups is 2. The van der Waals surface area contributed by atoms with Crippen molar-refractivity contribution in [3.63, 3.8) is 0 Å². The normalized spacial score (nSPS) is 13.6. The number of benzene rings is 3. The third-order valence-electron chi connectivity index (χ3n) is 5.49. The van der Waals surface area contributed by atoms with Gasteiger partial charge in [0.05, 0.1) is 10.6 Å². The smallest absolute Gasteiger partial charge is 0.264 e. The van der Waals surface area contributed by atoms with Crippen LogP contribution < -0.4 is 19.3 Å². The molecule has 0 unspecified atom stereocenters. The zero-order valence-electron chi connectivity index (χ0n) is 18.7. The van der Waals surface area contributed by atoms with Gasteiger partial charge in [-0.05, 0) is 61.0 Å². The average molecular weight is 480 g/mol. The summed E-state index contributed by atoms with van der Waals surface area (Å²) in [7, 11) is -2.32. The number of hydrogen-bond donors (Lipinski definition) is 1. The van der Waals surface area contributed by atoms with Crippen molar-refractivity contribution in [2.24, 2.45) is 0 Å². The molecular weight excluding hydrogens is 454 g/mol. The van der Waals surface area contributed by atoms with Crippen molar-refractivity contribution < 1.29 is 22.7 Å². The summed E-state index contributed by atoms with van der Waals surface area (Å²) in [4.78, 5) is 26.0. The van der Waals surface area contributed by atoms with E-state index >= 15 is 0 Å². The lowest BCUT2D eigenvalue weighted by Crippen LogP contribution is -2.26. The van der Waals surface area contributed by atoms with E-state index in [4.69, 9.17) is 4.74 Å². The fourth-order valence-electron chi connectivity index (χ4n) is 3.66. The van der Waals surface area contributed by atoms with Crippen LogP contribution in [0.15, 0.2) is 83.8 Å². The van der Waals surface area contributed by atoms with Crippen LogP contribution in [-0.4, -0.2) is 40.4 Å². The minimum Gasteiger partial charge on any atom is -0.484 e. The SMILES string of the molecule is CN(c1ccccc1)S(=O)(=O)c1cccc(NC(=O)COc2ccc(N3CCCC3=O)cc2)c1. The topological polar surface area (TPSA) is 96.0 Å². The van der Waals surface area contributed by atoms with Gasteiger partial charge in [0.15, 0.2) is 6.61 Å². The zero-order valence-corrected chi connectivity index (χ0v) is 19.5. The molecule has 1 N–H and O–H groups in total. The number of rotatable bonds is 8. The summed E-state index contributed by atoms with van der Waals surface area (Å²) in [6.07, 6.45) is 1.41. The molecule has 3 aromatic rings. The van der Waals surface area contributed by atoms with Gasteiger partial charge >= 0.3 is 0 Å². The summed E-state index contributed by atoms with van der Waals surface area (Å²) in [6.45, 7) is 0.459. The molecule has 1 aliphatic rings. The van der Waals surface area contributed by atoms with Crippen LogP contribution in [0.5, 0.6) is 5.75 Å². The van der Waals surface area contributed by atoms with Crippen LogP contribution in [0, 0.1) is 0 Å². The second-order valence-electron chi connectivity index (χ2n) is 7.82. The van der Waals surface area contributed by atoms with Crippen molar-refractivity contribution in [3.05, 3.63) is 78.9 Å². The molecule has 3 aromatic carbocycles. The molecule has 1 fully saturated rings. The molecule has 4 rings (SSSR count). The van der Waals surface area contributed by atoms with Gasteiger partial charge in [-0.25, -0.2) is 8.42 Å². The van der Waals surface area contributed by atoms with E-state index in [1.165, 1.54) is 23.5 Å². The number of amides is 2. The highest BCUT2D eigenvalue weighted by Gasteiger charge is 2.22. The van der Waals surface area contributed by atoms with Gasteiger partial charge in [-0.2, -0.15) is 0 Å². The lowest BCUT2D eigenvalue weighted by molar-refractivity contribution is -0.118. The number of carbonyl (C=O) groups excluding carboxylic acids is 2. The maximum Gasteiger partial charge on any atom is 0.264 e. The lowest BCUT2D eigenvalue weighted by Gasteiger charge is -2.20. The van der Waals surface area contributed by atoms with E-state index in [2.05, 4.69) is 5.32 Å². The zero-order chi connectivity index (χ0) is 24.1. The maximum atomic E-state index is 13.0. The van der Waals surface area contributed by atoms with E-state index in [0.717, 1.165) is 12.1 Å². The standard InChI is InChI=1S/C25H25N3O5S/c1-27(20-8-3-2-4-9-20)34(31,32)23-10-5-7-19(17-23)26-24(29)18-33-22-14-12-21(13-15-22)28-16-6-11-25(28)30/h2-5,7-10,12-15,17H,6,11,16,18H2,1H3,(H,26,29). The number of hydrogen-bond acceptors (Lipinski definition) is 5. The molecule has 1 aliphatic heterocycles. The molecule has 0 saturated carbocycles. The van der Waals surface area contributed by atoms with E-state index in [0.29, 0.717) is 30.1 Å². The largest absolute Gasteiger partial charge is 0.484 e. The Morgan fingerprint density at radius 3 is 2.44 bits per heavy atom.